The number of likely N-dealkylation sites (tertiary alicyclic amines) is 1. The van der Waals surface area contributed by atoms with Gasteiger partial charge in [0, 0.05) is 22.5 Å². The van der Waals surface area contributed by atoms with Crippen LogP contribution < -0.4 is 15.9 Å². The highest BCUT2D eigenvalue weighted by atomic mass is 35.5. The molecule has 1 saturated heterocycles. The van der Waals surface area contributed by atoms with E-state index in [1.165, 1.54) is 16.1 Å². The first-order chi connectivity index (χ1) is 15.4. The maximum absolute atomic E-state index is 13.3. The SMILES string of the molecule is NC(=O)On1cc(CC(=O)N2[C@@H]3C[C@@H]3C[C@H]2C(=O)NCc2ccc(Cl)s2)c2ccccc21. The molecule has 3 amide bonds. The van der Waals surface area contributed by atoms with Crippen LogP contribution in [0, 0.1) is 5.92 Å². The molecular formula is C22H21ClN4O4S. The van der Waals surface area contributed by atoms with E-state index in [1.54, 1.807) is 23.2 Å². The zero-order valence-electron chi connectivity index (χ0n) is 17.0. The predicted molar refractivity (Wildman–Crippen MR) is 120 cm³/mol. The number of hydrogen-bond acceptors (Lipinski definition) is 5. The first kappa shape index (κ1) is 20.8. The summed E-state index contributed by atoms with van der Waals surface area (Å²) in [5.41, 5.74) is 6.52. The van der Waals surface area contributed by atoms with Gasteiger partial charge >= 0.3 is 6.09 Å². The molecule has 32 heavy (non-hydrogen) atoms. The van der Waals surface area contributed by atoms with Gasteiger partial charge in [0.1, 0.15) is 6.04 Å². The molecule has 1 saturated carbocycles. The van der Waals surface area contributed by atoms with Crippen LogP contribution in [0.5, 0.6) is 0 Å². The molecule has 0 spiro atoms. The molecule has 1 aliphatic heterocycles. The van der Waals surface area contributed by atoms with E-state index in [9.17, 15) is 14.4 Å². The van der Waals surface area contributed by atoms with Crippen LogP contribution >= 0.6 is 22.9 Å². The summed E-state index contributed by atoms with van der Waals surface area (Å²) in [4.78, 5) is 45.2. The van der Waals surface area contributed by atoms with Crippen LogP contribution in [0.3, 0.4) is 0 Å². The Morgan fingerprint density at radius 1 is 1.19 bits per heavy atom. The van der Waals surface area contributed by atoms with Crippen molar-refractivity contribution in [1.29, 1.82) is 0 Å². The summed E-state index contributed by atoms with van der Waals surface area (Å²) >= 11 is 7.38. The minimum Gasteiger partial charge on any atom is -0.349 e. The maximum Gasteiger partial charge on any atom is 0.429 e. The lowest BCUT2D eigenvalue weighted by Crippen LogP contribution is -2.48. The van der Waals surface area contributed by atoms with E-state index < -0.39 is 12.1 Å². The van der Waals surface area contributed by atoms with E-state index in [0.717, 1.165) is 16.7 Å². The Kier molecular flexibility index (Phi) is 5.30. The van der Waals surface area contributed by atoms with E-state index in [-0.39, 0.29) is 24.3 Å². The molecule has 1 aliphatic carbocycles. The van der Waals surface area contributed by atoms with Crippen molar-refractivity contribution in [2.75, 3.05) is 0 Å². The van der Waals surface area contributed by atoms with Crippen molar-refractivity contribution in [1.82, 2.24) is 14.9 Å². The number of thiophene rings is 1. The molecule has 166 valence electrons. The van der Waals surface area contributed by atoms with Gasteiger partial charge in [0.2, 0.25) is 11.8 Å². The third kappa shape index (κ3) is 3.93. The fourth-order valence-electron chi connectivity index (χ4n) is 4.57. The molecule has 5 rings (SSSR count). The summed E-state index contributed by atoms with van der Waals surface area (Å²) in [5.74, 6) is 0.122. The molecule has 3 aromatic rings. The first-order valence-electron chi connectivity index (χ1n) is 10.3. The maximum atomic E-state index is 13.3. The van der Waals surface area contributed by atoms with Crippen LogP contribution in [0.25, 0.3) is 10.9 Å². The zero-order valence-corrected chi connectivity index (χ0v) is 18.6. The summed E-state index contributed by atoms with van der Waals surface area (Å²) in [7, 11) is 0. The molecule has 0 unspecified atom stereocenters. The minimum absolute atomic E-state index is 0.100. The molecular weight excluding hydrogens is 452 g/mol. The highest BCUT2D eigenvalue weighted by Crippen LogP contribution is 2.48. The van der Waals surface area contributed by atoms with Gasteiger partial charge in [-0.1, -0.05) is 29.8 Å². The molecule has 0 bridgehead atoms. The van der Waals surface area contributed by atoms with E-state index in [2.05, 4.69) is 5.32 Å². The lowest BCUT2D eigenvalue weighted by Gasteiger charge is -2.27. The third-order valence-corrected chi connectivity index (χ3v) is 7.28. The number of carbonyl (C=O) groups excluding carboxylic acids is 3. The molecule has 0 radical (unpaired) electrons. The van der Waals surface area contributed by atoms with E-state index >= 15 is 0 Å². The van der Waals surface area contributed by atoms with Crippen molar-refractivity contribution >= 4 is 51.7 Å². The van der Waals surface area contributed by atoms with Crippen LogP contribution in [-0.4, -0.2) is 39.6 Å². The molecule has 2 aromatic heterocycles. The summed E-state index contributed by atoms with van der Waals surface area (Å²) in [6, 6.07) is 10.6. The first-order valence-corrected chi connectivity index (χ1v) is 11.5. The number of aromatic nitrogens is 1. The smallest absolute Gasteiger partial charge is 0.349 e. The Labute approximate surface area is 192 Å². The topological polar surface area (TPSA) is 107 Å². The number of nitrogens with one attached hydrogen (secondary N) is 1. The Balaban J connectivity index is 1.32. The van der Waals surface area contributed by atoms with Crippen molar-refractivity contribution in [2.24, 2.45) is 11.7 Å². The standard InChI is InChI=1S/C22H21ClN4O4S/c23-19-6-5-14(32-19)10-25-21(29)18-8-12-7-17(12)27(18)20(28)9-13-11-26(31-22(24)30)16-4-2-1-3-15(13)16/h1-6,11-12,17-18H,7-10H2,(H2,24,30)(H,25,29)/t12-,17-,18+/m1/s1. The Hall–Kier alpha value is -3.04. The van der Waals surface area contributed by atoms with E-state index in [0.29, 0.717) is 34.3 Å². The third-order valence-electron chi connectivity index (χ3n) is 6.05. The Morgan fingerprint density at radius 3 is 2.75 bits per heavy atom. The molecule has 1 aromatic carbocycles. The number of para-hydroxylation sites is 1. The summed E-state index contributed by atoms with van der Waals surface area (Å²) in [5, 5.41) is 3.74. The number of halogens is 1. The van der Waals surface area contributed by atoms with Gasteiger partial charge in [0.05, 0.1) is 22.8 Å². The van der Waals surface area contributed by atoms with Gasteiger partial charge in [-0.15, -0.1) is 11.3 Å². The van der Waals surface area contributed by atoms with Crippen LogP contribution in [-0.2, 0) is 22.6 Å². The van der Waals surface area contributed by atoms with Gasteiger partial charge in [-0.25, -0.2) is 4.79 Å². The monoisotopic (exact) mass is 472 g/mol. The van der Waals surface area contributed by atoms with Gasteiger partial charge in [0.15, 0.2) is 0 Å². The quantitative estimate of drug-likeness (QED) is 0.575. The second kappa shape index (κ2) is 8.14. The minimum atomic E-state index is -0.937. The predicted octanol–water partition coefficient (Wildman–Crippen LogP) is 2.71. The summed E-state index contributed by atoms with van der Waals surface area (Å²) in [6.45, 7) is 0.391. The van der Waals surface area contributed by atoms with Gasteiger partial charge in [-0.2, -0.15) is 4.73 Å². The molecule has 2 aliphatic rings. The Morgan fingerprint density at radius 2 is 2.00 bits per heavy atom. The normalized spacial score (nSPS) is 21.4. The number of amides is 3. The van der Waals surface area contributed by atoms with Crippen molar-refractivity contribution in [3.05, 3.63) is 57.4 Å². The lowest BCUT2D eigenvalue weighted by atomic mass is 10.1. The number of rotatable bonds is 6. The average Bonchev–Trinajstić information content (AvgIpc) is 3.07. The highest BCUT2D eigenvalue weighted by Gasteiger charge is 2.55. The number of nitrogens with two attached hydrogens (primary N) is 1. The molecule has 3 N–H and O–H groups in total. The van der Waals surface area contributed by atoms with Crippen molar-refractivity contribution < 1.29 is 19.2 Å². The number of carbonyl (C=O) groups is 3. The van der Waals surface area contributed by atoms with Crippen molar-refractivity contribution in [3.63, 3.8) is 0 Å². The average molecular weight is 473 g/mol. The fourth-order valence-corrected chi connectivity index (χ4v) is 5.60. The van der Waals surface area contributed by atoms with Gasteiger partial charge < -0.3 is 20.8 Å². The molecule has 3 atom stereocenters. The van der Waals surface area contributed by atoms with E-state index in [1.807, 2.05) is 24.3 Å². The van der Waals surface area contributed by atoms with E-state index in [4.69, 9.17) is 22.2 Å². The van der Waals surface area contributed by atoms with Crippen molar-refractivity contribution in [2.45, 2.75) is 37.9 Å². The molecule has 2 fully saturated rings. The molecule has 8 nitrogen and oxygen atoms in total. The lowest BCUT2D eigenvalue weighted by molar-refractivity contribution is -0.139. The largest absolute Gasteiger partial charge is 0.429 e. The summed E-state index contributed by atoms with van der Waals surface area (Å²) < 4.78 is 1.95. The number of benzene rings is 1. The Bertz CT molecular complexity index is 1220. The second-order valence-corrected chi connectivity index (χ2v) is 9.92. The number of primary amides is 1. The van der Waals surface area contributed by atoms with Crippen LogP contribution in [0.1, 0.15) is 23.3 Å². The highest BCUT2D eigenvalue weighted by molar-refractivity contribution is 7.16. The number of nitrogens with zero attached hydrogens (tertiary/aromatic N) is 2. The van der Waals surface area contributed by atoms with Crippen LogP contribution in [0.15, 0.2) is 42.6 Å². The van der Waals surface area contributed by atoms with Gasteiger partial charge in [-0.05, 0) is 42.5 Å². The number of piperidine rings is 1. The van der Waals surface area contributed by atoms with Crippen LogP contribution in [0.4, 0.5) is 4.79 Å². The van der Waals surface area contributed by atoms with Gasteiger partial charge in [0.25, 0.3) is 0 Å². The molecule has 3 heterocycles. The fraction of sp³-hybridized carbons (Fsp3) is 0.318. The summed E-state index contributed by atoms with van der Waals surface area (Å²) in [6.07, 6.45) is 2.38. The van der Waals surface area contributed by atoms with Gasteiger partial charge in [-0.3, -0.25) is 9.59 Å². The molecule has 10 heteroatoms. The number of hydrogen-bond donors (Lipinski definition) is 2. The zero-order chi connectivity index (χ0) is 22.4. The number of fused-ring (bicyclic) bond motifs is 2. The second-order valence-electron chi connectivity index (χ2n) is 8.12. The van der Waals surface area contributed by atoms with Crippen molar-refractivity contribution in [3.8, 4) is 0 Å². The van der Waals surface area contributed by atoms with Crippen LogP contribution in [0.2, 0.25) is 4.34 Å².